The molecule has 0 saturated carbocycles. The van der Waals surface area contributed by atoms with Gasteiger partial charge in [-0.15, -0.1) is 11.3 Å². The third kappa shape index (κ3) is 3.32. The Labute approximate surface area is 111 Å². The quantitative estimate of drug-likeness (QED) is 0.874. The average Bonchev–Trinajstić information content (AvgIpc) is 2.82. The zero-order valence-corrected chi connectivity index (χ0v) is 11.4. The first-order chi connectivity index (χ1) is 8.16. The molecule has 0 saturated heterocycles. The molecule has 2 aromatic rings. The Bertz CT molecular complexity index is 479. The van der Waals surface area contributed by atoms with Crippen molar-refractivity contribution < 1.29 is 0 Å². The van der Waals surface area contributed by atoms with Crippen molar-refractivity contribution in [3.8, 4) is 0 Å². The fraction of sp³-hybridized carbons (Fsp3) is 0.286. The minimum atomic E-state index is 0.0656. The molecule has 2 N–H and O–H groups in total. The van der Waals surface area contributed by atoms with Gasteiger partial charge in [0, 0.05) is 15.9 Å². The average molecular weight is 266 g/mol. The molecule has 0 fully saturated rings. The van der Waals surface area contributed by atoms with Crippen molar-refractivity contribution in [2.24, 2.45) is 5.73 Å². The predicted molar refractivity (Wildman–Crippen MR) is 75.8 cm³/mol. The molecule has 0 aliphatic rings. The number of aryl methyl sites for hydroxylation is 2. The van der Waals surface area contributed by atoms with Gasteiger partial charge in [-0.2, -0.15) is 0 Å². The second-order valence-electron chi connectivity index (χ2n) is 4.23. The minimum Gasteiger partial charge on any atom is -0.324 e. The summed E-state index contributed by atoms with van der Waals surface area (Å²) in [7, 11) is 0. The molecule has 0 spiro atoms. The van der Waals surface area contributed by atoms with E-state index in [2.05, 4.69) is 24.4 Å². The van der Waals surface area contributed by atoms with Crippen molar-refractivity contribution >= 4 is 22.9 Å². The first-order valence-electron chi connectivity index (χ1n) is 5.71. The first-order valence-corrected chi connectivity index (χ1v) is 6.96. The summed E-state index contributed by atoms with van der Waals surface area (Å²) in [4.78, 5) is 1.39. The standard InChI is InChI=1S/C14H16ClNS/c1-10-4-5-11(15)9-13(10)14(16)7-6-12-3-2-8-17-12/h2-5,8-9,14H,6-7,16H2,1H3. The van der Waals surface area contributed by atoms with Gasteiger partial charge >= 0.3 is 0 Å². The number of thiophene rings is 1. The van der Waals surface area contributed by atoms with E-state index in [0.29, 0.717) is 0 Å². The van der Waals surface area contributed by atoms with Gasteiger partial charge in [0.2, 0.25) is 0 Å². The van der Waals surface area contributed by atoms with Crippen molar-refractivity contribution in [1.82, 2.24) is 0 Å². The van der Waals surface area contributed by atoms with Gasteiger partial charge in [-0.05, 0) is 54.5 Å². The van der Waals surface area contributed by atoms with Crippen LogP contribution in [0.25, 0.3) is 0 Å². The Morgan fingerprint density at radius 1 is 1.35 bits per heavy atom. The fourth-order valence-electron chi connectivity index (χ4n) is 1.92. The van der Waals surface area contributed by atoms with Crippen molar-refractivity contribution in [2.45, 2.75) is 25.8 Å². The zero-order chi connectivity index (χ0) is 12.3. The first kappa shape index (κ1) is 12.6. The van der Waals surface area contributed by atoms with Gasteiger partial charge in [0.1, 0.15) is 0 Å². The molecule has 0 radical (unpaired) electrons. The number of nitrogens with two attached hydrogens (primary N) is 1. The zero-order valence-electron chi connectivity index (χ0n) is 9.82. The predicted octanol–water partition coefficient (Wildman–Crippen LogP) is 4.34. The highest BCUT2D eigenvalue weighted by atomic mass is 35.5. The highest BCUT2D eigenvalue weighted by Gasteiger charge is 2.10. The molecule has 1 atom stereocenters. The topological polar surface area (TPSA) is 26.0 Å². The largest absolute Gasteiger partial charge is 0.324 e. The van der Waals surface area contributed by atoms with Crippen LogP contribution in [0.15, 0.2) is 35.7 Å². The normalized spacial score (nSPS) is 12.6. The number of halogens is 1. The molecule has 17 heavy (non-hydrogen) atoms. The molecule has 0 amide bonds. The molecule has 1 heterocycles. The maximum atomic E-state index is 6.23. The molecule has 2 rings (SSSR count). The lowest BCUT2D eigenvalue weighted by Gasteiger charge is -2.14. The van der Waals surface area contributed by atoms with Gasteiger partial charge < -0.3 is 5.73 Å². The molecular formula is C14H16ClNS. The smallest absolute Gasteiger partial charge is 0.0409 e. The second-order valence-corrected chi connectivity index (χ2v) is 5.69. The number of hydrogen-bond acceptors (Lipinski definition) is 2. The Morgan fingerprint density at radius 2 is 2.18 bits per heavy atom. The Kier molecular flexibility index (Phi) is 4.21. The van der Waals surface area contributed by atoms with E-state index in [1.165, 1.54) is 10.4 Å². The summed E-state index contributed by atoms with van der Waals surface area (Å²) in [5.41, 5.74) is 8.60. The molecule has 0 bridgehead atoms. The van der Waals surface area contributed by atoms with Crippen LogP contribution in [-0.4, -0.2) is 0 Å². The van der Waals surface area contributed by atoms with E-state index in [4.69, 9.17) is 17.3 Å². The molecule has 3 heteroatoms. The van der Waals surface area contributed by atoms with E-state index in [1.807, 2.05) is 18.2 Å². The van der Waals surface area contributed by atoms with Crippen LogP contribution in [0.5, 0.6) is 0 Å². The molecule has 1 aromatic heterocycles. The van der Waals surface area contributed by atoms with Crippen LogP contribution < -0.4 is 5.73 Å². The van der Waals surface area contributed by atoms with Gasteiger partial charge in [-0.25, -0.2) is 0 Å². The summed E-state index contributed by atoms with van der Waals surface area (Å²) in [6.07, 6.45) is 1.99. The van der Waals surface area contributed by atoms with Gasteiger partial charge in [-0.1, -0.05) is 23.7 Å². The summed E-state index contributed by atoms with van der Waals surface area (Å²) < 4.78 is 0. The molecule has 1 nitrogen and oxygen atoms in total. The lowest BCUT2D eigenvalue weighted by Crippen LogP contribution is -2.12. The third-order valence-electron chi connectivity index (χ3n) is 2.92. The van der Waals surface area contributed by atoms with Crippen molar-refractivity contribution in [3.05, 3.63) is 56.7 Å². The molecule has 0 aliphatic heterocycles. The van der Waals surface area contributed by atoms with Gasteiger partial charge in [0.15, 0.2) is 0 Å². The summed E-state index contributed by atoms with van der Waals surface area (Å²) in [5.74, 6) is 0. The van der Waals surface area contributed by atoms with Gasteiger partial charge in [0.05, 0.1) is 0 Å². The van der Waals surface area contributed by atoms with E-state index in [0.717, 1.165) is 23.4 Å². The molecular weight excluding hydrogens is 250 g/mol. The van der Waals surface area contributed by atoms with Crippen LogP contribution >= 0.6 is 22.9 Å². The van der Waals surface area contributed by atoms with Crippen molar-refractivity contribution in [3.63, 3.8) is 0 Å². The number of hydrogen-bond donors (Lipinski definition) is 1. The summed E-state index contributed by atoms with van der Waals surface area (Å²) in [6, 6.07) is 10.2. The van der Waals surface area contributed by atoms with Crippen LogP contribution in [0.3, 0.4) is 0 Å². The summed E-state index contributed by atoms with van der Waals surface area (Å²) >= 11 is 7.79. The van der Waals surface area contributed by atoms with Crippen LogP contribution in [-0.2, 0) is 6.42 Å². The van der Waals surface area contributed by atoms with Crippen LogP contribution in [0.2, 0.25) is 5.02 Å². The summed E-state index contributed by atoms with van der Waals surface area (Å²) in [5, 5.41) is 2.86. The van der Waals surface area contributed by atoms with Crippen LogP contribution in [0.4, 0.5) is 0 Å². The van der Waals surface area contributed by atoms with E-state index < -0.39 is 0 Å². The van der Waals surface area contributed by atoms with E-state index >= 15 is 0 Å². The van der Waals surface area contributed by atoms with Gasteiger partial charge in [0.25, 0.3) is 0 Å². The third-order valence-corrected chi connectivity index (χ3v) is 4.09. The Morgan fingerprint density at radius 3 is 2.88 bits per heavy atom. The van der Waals surface area contributed by atoms with Crippen LogP contribution in [0.1, 0.15) is 28.5 Å². The lowest BCUT2D eigenvalue weighted by atomic mass is 9.98. The Balaban J connectivity index is 2.04. The molecule has 0 aliphatic carbocycles. The second kappa shape index (κ2) is 5.67. The SMILES string of the molecule is Cc1ccc(Cl)cc1C(N)CCc1cccs1. The minimum absolute atomic E-state index is 0.0656. The summed E-state index contributed by atoms with van der Waals surface area (Å²) in [6.45, 7) is 2.08. The highest BCUT2D eigenvalue weighted by Crippen LogP contribution is 2.24. The number of rotatable bonds is 4. The Hall–Kier alpha value is -0.830. The fourth-order valence-corrected chi connectivity index (χ4v) is 2.82. The maximum absolute atomic E-state index is 6.23. The van der Waals surface area contributed by atoms with Crippen LogP contribution in [0, 0.1) is 6.92 Å². The number of benzene rings is 1. The van der Waals surface area contributed by atoms with Crippen molar-refractivity contribution in [1.29, 1.82) is 0 Å². The van der Waals surface area contributed by atoms with E-state index in [9.17, 15) is 0 Å². The molecule has 90 valence electrons. The van der Waals surface area contributed by atoms with Crippen molar-refractivity contribution in [2.75, 3.05) is 0 Å². The lowest BCUT2D eigenvalue weighted by molar-refractivity contribution is 0.652. The molecule has 1 unspecified atom stereocenters. The van der Waals surface area contributed by atoms with E-state index in [1.54, 1.807) is 11.3 Å². The van der Waals surface area contributed by atoms with E-state index in [-0.39, 0.29) is 6.04 Å². The highest BCUT2D eigenvalue weighted by molar-refractivity contribution is 7.09. The maximum Gasteiger partial charge on any atom is 0.0409 e. The monoisotopic (exact) mass is 265 g/mol. The van der Waals surface area contributed by atoms with Gasteiger partial charge in [-0.3, -0.25) is 0 Å². The molecule has 1 aromatic carbocycles.